The lowest BCUT2D eigenvalue weighted by Crippen LogP contribution is -2.57. The lowest BCUT2D eigenvalue weighted by molar-refractivity contribution is -0.153. The second-order valence-corrected chi connectivity index (χ2v) is 20.0. The molecule has 16 nitrogen and oxygen atoms in total. The fourth-order valence-electron chi connectivity index (χ4n) is 11.5. The highest BCUT2D eigenvalue weighted by atomic mass is 16.6. The predicted octanol–water partition coefficient (Wildman–Crippen LogP) is 7.64. The second kappa shape index (κ2) is 20.8. The zero-order valence-electron chi connectivity index (χ0n) is 40.4. The molecule has 1 aliphatic carbocycles. The summed E-state index contributed by atoms with van der Waals surface area (Å²) in [4.78, 5) is 62.2. The quantitative estimate of drug-likeness (QED) is 0.0735. The number of aliphatic hydroxyl groups excluding tert-OH is 1. The van der Waals surface area contributed by atoms with E-state index < -0.39 is 24.6 Å². The van der Waals surface area contributed by atoms with Crippen molar-refractivity contribution in [2.75, 3.05) is 20.8 Å². The van der Waals surface area contributed by atoms with Crippen molar-refractivity contribution in [3.8, 4) is 33.6 Å². The number of methoxy groups -OCH3 is 2. The van der Waals surface area contributed by atoms with E-state index in [0.29, 0.717) is 25.4 Å². The van der Waals surface area contributed by atoms with E-state index in [1.54, 1.807) is 0 Å². The smallest absolute Gasteiger partial charge is 0.407 e. The molecule has 9 rings (SSSR count). The Morgan fingerprint density at radius 2 is 1.28 bits per heavy atom. The Morgan fingerprint density at radius 3 is 1.79 bits per heavy atom. The number of rotatable bonds is 15. The number of likely N-dealkylation sites (tertiary alicyclic amines) is 2. The minimum atomic E-state index is -1.26. The highest BCUT2D eigenvalue weighted by molar-refractivity contribution is 5.87. The third-order valence-corrected chi connectivity index (χ3v) is 15.5. The predicted molar refractivity (Wildman–Crippen MR) is 255 cm³/mol. The van der Waals surface area contributed by atoms with Crippen LogP contribution in [-0.4, -0.2) is 122 Å². The van der Waals surface area contributed by atoms with Crippen LogP contribution in [0.15, 0.2) is 60.9 Å². The summed E-state index contributed by atoms with van der Waals surface area (Å²) in [6.07, 6.45) is 11.3. The molecule has 12 atom stereocenters. The number of ether oxygens (including phenoxy) is 4. The Hall–Kier alpha value is -5.13. The minimum Gasteiger partial charge on any atom is -0.453 e. The van der Waals surface area contributed by atoms with E-state index >= 15 is 0 Å². The SMILES string of the molecule is CC[C@@H]1C[C@@H]([C@H](NC(=O)OC)C(=O)N2[C@@H](C)CC[C@H]2c2ncc(-c3ccc(-c4ccc(-c5cnc([C@@H]6CC[C@H](C)N6C(=O)[C@@H](NC(O)OC)[C@H]6C[C@@H](C)O[C@H](C7CC7)C6)[nH]5)cc4)cc3)[nH]2)CCO1. The number of imidazole rings is 2. The molecule has 1 unspecified atom stereocenters. The minimum absolute atomic E-state index is 0.000822. The van der Waals surface area contributed by atoms with Gasteiger partial charge in [-0.1, -0.05) is 55.5 Å². The van der Waals surface area contributed by atoms with Crippen LogP contribution in [0.25, 0.3) is 33.6 Å². The molecule has 5 N–H and O–H groups in total. The Balaban J connectivity index is 0.860. The first-order chi connectivity index (χ1) is 32.9. The number of hydrogen-bond donors (Lipinski definition) is 5. The van der Waals surface area contributed by atoms with Crippen molar-refractivity contribution in [3.05, 3.63) is 72.6 Å². The van der Waals surface area contributed by atoms with Crippen LogP contribution in [0.1, 0.15) is 122 Å². The van der Waals surface area contributed by atoms with Crippen molar-refractivity contribution in [2.45, 2.75) is 159 Å². The van der Waals surface area contributed by atoms with Gasteiger partial charge in [0.1, 0.15) is 17.7 Å². The maximum absolute atomic E-state index is 14.6. The zero-order chi connectivity index (χ0) is 47.6. The fourth-order valence-corrected chi connectivity index (χ4v) is 11.5. The van der Waals surface area contributed by atoms with Crippen LogP contribution in [0, 0.1) is 17.8 Å². The summed E-state index contributed by atoms with van der Waals surface area (Å²) in [7, 11) is 2.76. The first-order valence-corrected chi connectivity index (χ1v) is 25.0. The number of H-pyrrole nitrogens is 2. The molecule has 5 fully saturated rings. The molecule has 68 heavy (non-hydrogen) atoms. The number of carbonyl (C=O) groups excluding carboxylic acids is 3. The first-order valence-electron chi connectivity index (χ1n) is 25.0. The van der Waals surface area contributed by atoms with Crippen molar-refractivity contribution in [1.29, 1.82) is 0 Å². The van der Waals surface area contributed by atoms with Crippen LogP contribution in [0.4, 0.5) is 4.79 Å². The maximum Gasteiger partial charge on any atom is 0.407 e. The number of nitrogens with one attached hydrogen (secondary N) is 4. The molecule has 4 aromatic rings. The third kappa shape index (κ3) is 10.3. The van der Waals surface area contributed by atoms with Gasteiger partial charge < -0.3 is 49.1 Å². The van der Waals surface area contributed by atoms with Gasteiger partial charge in [-0.3, -0.25) is 14.9 Å². The number of amides is 3. The molecule has 6 heterocycles. The molecule has 3 amide bonds. The molecule has 16 heteroatoms. The largest absolute Gasteiger partial charge is 0.453 e. The number of carbonyl (C=O) groups is 3. The normalized spacial score (nSPS) is 28.8. The second-order valence-electron chi connectivity index (χ2n) is 20.0. The van der Waals surface area contributed by atoms with Crippen LogP contribution in [0.3, 0.4) is 0 Å². The summed E-state index contributed by atoms with van der Waals surface area (Å²) in [5.74, 6) is 1.83. The molecule has 2 aromatic carbocycles. The summed E-state index contributed by atoms with van der Waals surface area (Å²) < 4.78 is 22.4. The Bertz CT molecular complexity index is 2350. The third-order valence-electron chi connectivity index (χ3n) is 15.5. The Kier molecular flexibility index (Phi) is 14.7. The van der Waals surface area contributed by atoms with Crippen LogP contribution >= 0.6 is 0 Å². The van der Waals surface area contributed by atoms with Crippen LogP contribution < -0.4 is 10.6 Å². The lowest BCUT2D eigenvalue weighted by Gasteiger charge is -2.41. The topological polar surface area (TPSA) is 196 Å². The number of aromatic amines is 2. The van der Waals surface area contributed by atoms with Gasteiger partial charge in [0.15, 0.2) is 0 Å². The molecular weight excluding hydrogens is 865 g/mol. The van der Waals surface area contributed by atoms with Crippen LogP contribution in [-0.2, 0) is 28.5 Å². The van der Waals surface area contributed by atoms with Gasteiger partial charge in [0.05, 0.1) is 67.3 Å². The molecule has 0 radical (unpaired) electrons. The Morgan fingerprint density at radius 1 is 0.735 bits per heavy atom. The highest BCUT2D eigenvalue weighted by Gasteiger charge is 2.47. The summed E-state index contributed by atoms with van der Waals surface area (Å²) in [6.45, 7) is 8.87. The molecule has 366 valence electrons. The molecule has 4 saturated heterocycles. The fraction of sp³-hybridized carbons (Fsp3) is 0.596. The van der Waals surface area contributed by atoms with Crippen LogP contribution in [0.2, 0.25) is 0 Å². The van der Waals surface area contributed by atoms with Gasteiger partial charge in [0, 0.05) is 25.8 Å². The van der Waals surface area contributed by atoms with E-state index in [-0.39, 0.29) is 66.1 Å². The maximum atomic E-state index is 14.6. The van der Waals surface area contributed by atoms with Gasteiger partial charge >= 0.3 is 6.09 Å². The zero-order valence-corrected chi connectivity index (χ0v) is 40.4. The van der Waals surface area contributed by atoms with Crippen molar-refractivity contribution in [3.63, 3.8) is 0 Å². The summed E-state index contributed by atoms with van der Waals surface area (Å²) in [5.41, 5.74) is 5.83. The van der Waals surface area contributed by atoms with E-state index in [1.165, 1.54) is 27.1 Å². The van der Waals surface area contributed by atoms with Gasteiger partial charge in [-0.2, -0.15) is 0 Å². The van der Waals surface area contributed by atoms with Crippen molar-refractivity contribution in [1.82, 2.24) is 40.4 Å². The number of aliphatic hydroxyl groups is 1. The standard InChI is InChI=1S/C52H70N8O8/c1-7-39-25-37(22-23-67-39)45(57-51(63)65-5)49(61)59-29(2)8-20-42(59)47-53-27-40(55-47)34-14-10-32(11-15-34)33-12-16-35(17-13-33)41-28-54-48(56-41)43-21-9-30(3)60(43)50(62)46(58-52(64)66-6)38-24-31(4)68-44(26-38)36-18-19-36/h10-17,27-31,36-39,42-46,52,58,64H,7-9,18-26H2,1-6H3,(H,53,55)(H,54,56)(H,57,63)/t29-,30-,31+,37-,38-,39+,42-,43-,44-,45-,46-,52?/m0/s1. The van der Waals surface area contributed by atoms with Gasteiger partial charge in [-0.15, -0.1) is 0 Å². The first kappa shape index (κ1) is 47.9. The average Bonchev–Trinajstić information content (AvgIpc) is 3.64. The lowest BCUT2D eigenvalue weighted by atomic mass is 9.83. The van der Waals surface area contributed by atoms with E-state index in [0.717, 1.165) is 90.2 Å². The van der Waals surface area contributed by atoms with Crippen molar-refractivity contribution < 1.29 is 38.4 Å². The summed E-state index contributed by atoms with van der Waals surface area (Å²) in [5, 5.41) is 16.6. The van der Waals surface area contributed by atoms with Gasteiger partial charge in [-0.05, 0) is 131 Å². The molecular formula is C52H70N8O8. The molecule has 1 saturated carbocycles. The van der Waals surface area contributed by atoms with Gasteiger partial charge in [0.2, 0.25) is 18.2 Å². The number of aromatic nitrogens is 4. The van der Waals surface area contributed by atoms with Gasteiger partial charge in [0.25, 0.3) is 0 Å². The van der Waals surface area contributed by atoms with E-state index in [4.69, 9.17) is 28.9 Å². The van der Waals surface area contributed by atoms with Crippen molar-refractivity contribution >= 4 is 17.9 Å². The van der Waals surface area contributed by atoms with E-state index in [2.05, 4.69) is 96.8 Å². The molecule has 5 aliphatic rings. The number of hydrogen-bond acceptors (Lipinski definition) is 11. The van der Waals surface area contributed by atoms with E-state index in [1.807, 2.05) is 22.2 Å². The molecule has 2 aromatic heterocycles. The average molecular weight is 935 g/mol. The van der Waals surface area contributed by atoms with Gasteiger partial charge in [-0.25, -0.2) is 14.8 Å². The molecule has 0 spiro atoms. The molecule has 0 bridgehead atoms. The highest BCUT2D eigenvalue weighted by Crippen LogP contribution is 2.44. The summed E-state index contributed by atoms with van der Waals surface area (Å²) >= 11 is 0. The summed E-state index contributed by atoms with van der Waals surface area (Å²) in [6, 6.07) is 14.9. The van der Waals surface area contributed by atoms with E-state index in [9.17, 15) is 19.5 Å². The number of nitrogens with zero attached hydrogens (tertiary/aromatic N) is 4. The molecule has 4 aliphatic heterocycles. The number of alkyl carbamates (subject to hydrolysis) is 1. The van der Waals surface area contributed by atoms with Crippen molar-refractivity contribution in [2.24, 2.45) is 17.8 Å². The number of benzene rings is 2. The van der Waals surface area contributed by atoms with Crippen LogP contribution in [0.5, 0.6) is 0 Å². The monoisotopic (exact) mass is 935 g/mol. The Labute approximate surface area is 399 Å².